The third-order valence-electron chi connectivity index (χ3n) is 3.99. The number of benzene rings is 2. The molecule has 2 rings (SSSR count). The maximum Gasteiger partial charge on any atom is 0.194 e. The summed E-state index contributed by atoms with van der Waals surface area (Å²) in [5.41, 5.74) is 2.38. The van der Waals surface area contributed by atoms with Crippen LogP contribution in [0.25, 0.3) is 0 Å². The molecule has 0 aliphatic heterocycles. The Bertz CT molecular complexity index is 659. The minimum Gasteiger partial charge on any atom is -0.289 e. The quantitative estimate of drug-likeness (QED) is 0.666. The van der Waals surface area contributed by atoms with E-state index in [1.165, 1.54) is 23.8 Å². The smallest absolute Gasteiger partial charge is 0.194 e. The Hall–Kier alpha value is -1.48. The molecule has 0 heterocycles. The van der Waals surface area contributed by atoms with Crippen molar-refractivity contribution in [2.24, 2.45) is 0 Å². The van der Waals surface area contributed by atoms with Crippen LogP contribution in [-0.2, 0) is 5.41 Å². The van der Waals surface area contributed by atoms with Gasteiger partial charge in [-0.15, -0.1) is 0 Å². The van der Waals surface area contributed by atoms with E-state index in [0.717, 1.165) is 6.42 Å². The molecule has 1 nitrogen and oxygen atoms in total. The summed E-state index contributed by atoms with van der Waals surface area (Å²) in [6, 6.07) is 11.8. The summed E-state index contributed by atoms with van der Waals surface area (Å²) in [4.78, 5) is 12.5. The van der Waals surface area contributed by atoms with Crippen LogP contribution in [0.1, 0.15) is 48.7 Å². The van der Waals surface area contributed by atoms with Crippen LogP contribution in [-0.4, -0.2) is 5.78 Å². The highest BCUT2D eigenvalue weighted by Crippen LogP contribution is 2.28. The maximum absolute atomic E-state index is 13.1. The van der Waals surface area contributed by atoms with Crippen molar-refractivity contribution in [3.05, 3.63) is 69.4 Å². The normalized spacial score (nSPS) is 11.5. The van der Waals surface area contributed by atoms with Crippen molar-refractivity contribution in [2.75, 3.05) is 0 Å². The molecular formula is C18H18BrFO. The van der Waals surface area contributed by atoms with Crippen LogP contribution in [0.4, 0.5) is 4.39 Å². The summed E-state index contributed by atoms with van der Waals surface area (Å²) >= 11 is 3.24. The van der Waals surface area contributed by atoms with E-state index in [1.807, 2.05) is 24.3 Å². The number of halogens is 2. The van der Waals surface area contributed by atoms with E-state index < -0.39 is 0 Å². The molecule has 0 N–H and O–H groups in total. The van der Waals surface area contributed by atoms with Crippen molar-refractivity contribution < 1.29 is 9.18 Å². The third-order valence-corrected chi connectivity index (χ3v) is 4.64. The minimum atomic E-state index is -0.363. The molecule has 0 spiro atoms. The summed E-state index contributed by atoms with van der Waals surface area (Å²) < 4.78 is 13.6. The van der Waals surface area contributed by atoms with Gasteiger partial charge < -0.3 is 0 Å². The molecule has 0 amide bonds. The lowest BCUT2D eigenvalue weighted by molar-refractivity contribution is 0.103. The largest absolute Gasteiger partial charge is 0.289 e. The molecular weight excluding hydrogens is 331 g/mol. The minimum absolute atomic E-state index is 0.0953. The molecule has 0 unspecified atom stereocenters. The lowest BCUT2D eigenvalue weighted by Gasteiger charge is -2.23. The Kier molecular flexibility index (Phi) is 4.62. The Morgan fingerprint density at radius 3 is 2.29 bits per heavy atom. The second-order valence-electron chi connectivity index (χ2n) is 5.77. The fourth-order valence-corrected chi connectivity index (χ4v) is 2.64. The monoisotopic (exact) mass is 348 g/mol. The number of hydrogen-bond acceptors (Lipinski definition) is 1. The van der Waals surface area contributed by atoms with E-state index in [9.17, 15) is 9.18 Å². The Labute approximate surface area is 133 Å². The van der Waals surface area contributed by atoms with E-state index in [2.05, 4.69) is 36.7 Å². The first-order valence-corrected chi connectivity index (χ1v) is 7.75. The highest BCUT2D eigenvalue weighted by molar-refractivity contribution is 9.10. The molecule has 3 heteroatoms. The van der Waals surface area contributed by atoms with Crippen LogP contribution < -0.4 is 0 Å². The molecule has 110 valence electrons. The maximum atomic E-state index is 13.1. The Morgan fingerprint density at radius 1 is 1.14 bits per heavy atom. The predicted molar refractivity (Wildman–Crippen MR) is 87.3 cm³/mol. The summed E-state index contributed by atoms with van der Waals surface area (Å²) in [5.74, 6) is -0.471. The van der Waals surface area contributed by atoms with Crippen LogP contribution in [0.5, 0.6) is 0 Å². The molecule has 0 aromatic heterocycles. The zero-order valence-corrected chi connectivity index (χ0v) is 14.0. The average molecular weight is 349 g/mol. The van der Waals surface area contributed by atoms with E-state index in [1.54, 1.807) is 0 Å². The van der Waals surface area contributed by atoms with Gasteiger partial charge in [-0.2, -0.15) is 0 Å². The molecule has 0 aliphatic rings. The van der Waals surface area contributed by atoms with Crippen LogP contribution >= 0.6 is 15.9 Å². The standard InChI is InChI=1S/C18H18BrFO/c1-4-18(2,3)13-7-5-12(6-8-13)17(21)15-10-9-14(20)11-16(15)19/h5-11H,4H2,1-3H3. The van der Waals surface area contributed by atoms with Gasteiger partial charge in [0.1, 0.15) is 5.82 Å². The van der Waals surface area contributed by atoms with Gasteiger partial charge >= 0.3 is 0 Å². The van der Waals surface area contributed by atoms with Gasteiger partial charge in [0.15, 0.2) is 5.78 Å². The van der Waals surface area contributed by atoms with Gasteiger partial charge in [0.2, 0.25) is 0 Å². The van der Waals surface area contributed by atoms with Crippen molar-refractivity contribution in [3.63, 3.8) is 0 Å². The van der Waals surface area contributed by atoms with Crippen molar-refractivity contribution in [2.45, 2.75) is 32.6 Å². The Morgan fingerprint density at radius 2 is 1.76 bits per heavy atom. The van der Waals surface area contributed by atoms with Gasteiger partial charge in [0.25, 0.3) is 0 Å². The summed E-state index contributed by atoms with van der Waals surface area (Å²) in [6.07, 6.45) is 1.03. The number of carbonyl (C=O) groups excluding carboxylic acids is 1. The molecule has 0 fully saturated rings. The fraction of sp³-hybridized carbons (Fsp3) is 0.278. The lowest BCUT2D eigenvalue weighted by Crippen LogP contribution is -2.15. The van der Waals surface area contributed by atoms with E-state index in [0.29, 0.717) is 15.6 Å². The van der Waals surface area contributed by atoms with Crippen LogP contribution in [0.3, 0.4) is 0 Å². The first-order valence-electron chi connectivity index (χ1n) is 6.95. The average Bonchev–Trinajstić information content (AvgIpc) is 2.47. The molecule has 21 heavy (non-hydrogen) atoms. The summed E-state index contributed by atoms with van der Waals surface area (Å²) in [5, 5.41) is 0. The second-order valence-corrected chi connectivity index (χ2v) is 6.62. The topological polar surface area (TPSA) is 17.1 Å². The van der Waals surface area contributed by atoms with Crippen LogP contribution in [0.2, 0.25) is 0 Å². The molecule has 0 radical (unpaired) electrons. The van der Waals surface area contributed by atoms with E-state index in [4.69, 9.17) is 0 Å². The zero-order chi connectivity index (χ0) is 15.6. The predicted octanol–water partition coefficient (Wildman–Crippen LogP) is 5.51. The van der Waals surface area contributed by atoms with Crippen molar-refractivity contribution in [1.82, 2.24) is 0 Å². The van der Waals surface area contributed by atoms with Gasteiger partial charge in [-0.3, -0.25) is 4.79 Å². The first kappa shape index (κ1) is 15.9. The molecule has 0 bridgehead atoms. The van der Waals surface area contributed by atoms with E-state index in [-0.39, 0.29) is 17.0 Å². The van der Waals surface area contributed by atoms with Crippen molar-refractivity contribution in [1.29, 1.82) is 0 Å². The third kappa shape index (κ3) is 3.41. The number of hydrogen-bond donors (Lipinski definition) is 0. The number of carbonyl (C=O) groups is 1. The van der Waals surface area contributed by atoms with Gasteiger partial charge in [-0.25, -0.2) is 4.39 Å². The fourth-order valence-electron chi connectivity index (χ4n) is 2.11. The highest BCUT2D eigenvalue weighted by atomic mass is 79.9. The molecule has 0 atom stereocenters. The van der Waals surface area contributed by atoms with Crippen molar-refractivity contribution >= 4 is 21.7 Å². The first-order chi connectivity index (χ1) is 9.85. The summed E-state index contributed by atoms with van der Waals surface area (Å²) in [6.45, 7) is 6.51. The van der Waals surface area contributed by atoms with Gasteiger partial charge in [-0.1, -0.05) is 45.0 Å². The number of rotatable bonds is 4. The molecule has 0 aliphatic carbocycles. The Balaban J connectivity index is 2.32. The second kappa shape index (κ2) is 6.10. The van der Waals surface area contributed by atoms with E-state index >= 15 is 0 Å². The van der Waals surface area contributed by atoms with Gasteiger partial charge in [0, 0.05) is 15.6 Å². The lowest BCUT2D eigenvalue weighted by atomic mass is 9.82. The van der Waals surface area contributed by atoms with Crippen LogP contribution in [0, 0.1) is 5.82 Å². The SMILES string of the molecule is CCC(C)(C)c1ccc(C(=O)c2ccc(F)cc2Br)cc1. The van der Waals surface area contributed by atoms with Crippen molar-refractivity contribution in [3.8, 4) is 0 Å². The molecule has 2 aromatic rings. The molecule has 2 aromatic carbocycles. The zero-order valence-electron chi connectivity index (χ0n) is 12.4. The highest BCUT2D eigenvalue weighted by Gasteiger charge is 2.19. The van der Waals surface area contributed by atoms with Crippen LogP contribution in [0.15, 0.2) is 46.9 Å². The van der Waals surface area contributed by atoms with Gasteiger partial charge in [0.05, 0.1) is 0 Å². The number of ketones is 1. The molecule has 0 saturated carbocycles. The molecule has 0 saturated heterocycles. The van der Waals surface area contributed by atoms with Gasteiger partial charge in [-0.05, 0) is 51.5 Å². The summed E-state index contributed by atoms with van der Waals surface area (Å²) in [7, 11) is 0.